The van der Waals surface area contributed by atoms with E-state index in [4.69, 9.17) is 4.74 Å². The minimum Gasteiger partial charge on any atom is -0.444 e. The number of likely N-dealkylation sites (tertiary alicyclic amines) is 1. The van der Waals surface area contributed by atoms with Gasteiger partial charge >= 0.3 is 6.09 Å². The first-order valence-corrected chi connectivity index (χ1v) is 6.87. The molecule has 2 aliphatic heterocycles. The second-order valence-corrected chi connectivity index (χ2v) is 6.05. The predicted octanol–water partition coefficient (Wildman–Crippen LogP) is 0.428. The van der Waals surface area contributed by atoms with Crippen LogP contribution in [-0.4, -0.2) is 66.2 Å². The molecule has 19 heavy (non-hydrogen) atoms. The fraction of sp³-hybridized carbons (Fsp3) is 0.846. The average Bonchev–Trinajstić information content (AvgIpc) is 2.26. The maximum atomic E-state index is 12.3. The van der Waals surface area contributed by atoms with E-state index in [0.717, 1.165) is 32.6 Å². The number of rotatable bonds is 1. The van der Waals surface area contributed by atoms with Gasteiger partial charge in [-0.1, -0.05) is 0 Å². The Morgan fingerprint density at radius 3 is 2.26 bits per heavy atom. The fourth-order valence-corrected chi connectivity index (χ4v) is 2.28. The normalized spacial score (nSPS) is 23.8. The first kappa shape index (κ1) is 14.1. The van der Waals surface area contributed by atoms with Crippen molar-refractivity contribution < 1.29 is 14.3 Å². The molecule has 2 fully saturated rings. The van der Waals surface area contributed by atoms with Gasteiger partial charge in [0.2, 0.25) is 5.91 Å². The van der Waals surface area contributed by atoms with Gasteiger partial charge in [-0.2, -0.15) is 0 Å². The van der Waals surface area contributed by atoms with E-state index >= 15 is 0 Å². The van der Waals surface area contributed by atoms with E-state index < -0.39 is 5.60 Å². The highest BCUT2D eigenvalue weighted by Crippen LogP contribution is 2.23. The Balaban J connectivity index is 1.90. The van der Waals surface area contributed by atoms with Gasteiger partial charge in [-0.05, 0) is 27.2 Å². The van der Waals surface area contributed by atoms with Crippen LogP contribution in [0.4, 0.5) is 4.79 Å². The number of hydrogen-bond acceptors (Lipinski definition) is 4. The second kappa shape index (κ2) is 5.36. The number of carbonyl (C=O) groups is 2. The molecule has 0 aromatic carbocycles. The van der Waals surface area contributed by atoms with E-state index in [2.05, 4.69) is 5.32 Å². The lowest BCUT2D eigenvalue weighted by Gasteiger charge is -2.43. The molecule has 2 heterocycles. The Kier molecular flexibility index (Phi) is 3.99. The van der Waals surface area contributed by atoms with Crippen molar-refractivity contribution in [2.24, 2.45) is 0 Å². The molecule has 6 heteroatoms. The highest BCUT2D eigenvalue weighted by atomic mass is 16.6. The van der Waals surface area contributed by atoms with Crippen molar-refractivity contribution >= 4 is 12.0 Å². The largest absolute Gasteiger partial charge is 0.444 e. The fourth-order valence-electron chi connectivity index (χ4n) is 2.28. The SMILES string of the molecule is CC(C)(C)OC(=O)N1CCC1C(=O)N1CCNCC1. The van der Waals surface area contributed by atoms with Gasteiger partial charge in [-0.3, -0.25) is 9.69 Å². The number of nitrogens with zero attached hydrogens (tertiary/aromatic N) is 2. The third-order valence-electron chi connectivity index (χ3n) is 3.36. The molecule has 0 aromatic heterocycles. The quantitative estimate of drug-likeness (QED) is 0.750. The molecule has 1 unspecified atom stereocenters. The van der Waals surface area contributed by atoms with Crippen LogP contribution in [0.5, 0.6) is 0 Å². The molecule has 2 amide bonds. The van der Waals surface area contributed by atoms with E-state index in [1.165, 1.54) is 4.90 Å². The lowest BCUT2D eigenvalue weighted by Crippen LogP contribution is -2.61. The van der Waals surface area contributed by atoms with E-state index in [9.17, 15) is 9.59 Å². The van der Waals surface area contributed by atoms with Crippen LogP contribution < -0.4 is 5.32 Å². The first-order valence-electron chi connectivity index (χ1n) is 6.87. The smallest absolute Gasteiger partial charge is 0.410 e. The number of hydrogen-bond donors (Lipinski definition) is 1. The maximum absolute atomic E-state index is 12.3. The minimum absolute atomic E-state index is 0.0543. The summed E-state index contributed by atoms with van der Waals surface area (Å²) < 4.78 is 5.31. The Morgan fingerprint density at radius 1 is 1.16 bits per heavy atom. The third-order valence-corrected chi connectivity index (χ3v) is 3.36. The van der Waals surface area contributed by atoms with Crippen LogP contribution in [0.15, 0.2) is 0 Å². The Morgan fingerprint density at radius 2 is 1.79 bits per heavy atom. The Hall–Kier alpha value is -1.30. The number of carbonyl (C=O) groups excluding carboxylic acids is 2. The van der Waals surface area contributed by atoms with Crippen LogP contribution in [0.3, 0.4) is 0 Å². The molecule has 0 saturated carbocycles. The van der Waals surface area contributed by atoms with Crippen molar-refractivity contribution in [3.05, 3.63) is 0 Å². The molecule has 2 rings (SSSR count). The van der Waals surface area contributed by atoms with Crippen molar-refractivity contribution in [2.75, 3.05) is 32.7 Å². The monoisotopic (exact) mass is 269 g/mol. The van der Waals surface area contributed by atoms with Gasteiger partial charge in [0, 0.05) is 32.7 Å². The molecule has 2 aliphatic rings. The van der Waals surface area contributed by atoms with Crippen LogP contribution in [0.1, 0.15) is 27.2 Å². The van der Waals surface area contributed by atoms with Crippen LogP contribution in [0.25, 0.3) is 0 Å². The zero-order valence-corrected chi connectivity index (χ0v) is 11.9. The molecular weight excluding hydrogens is 246 g/mol. The third kappa shape index (κ3) is 3.37. The minimum atomic E-state index is -0.519. The van der Waals surface area contributed by atoms with Gasteiger partial charge in [0.15, 0.2) is 0 Å². The zero-order valence-electron chi connectivity index (χ0n) is 11.9. The van der Waals surface area contributed by atoms with Crippen LogP contribution >= 0.6 is 0 Å². The molecule has 2 saturated heterocycles. The summed E-state index contributed by atoms with van der Waals surface area (Å²) in [7, 11) is 0. The van der Waals surface area contributed by atoms with Crippen molar-refractivity contribution in [1.29, 1.82) is 0 Å². The summed E-state index contributed by atoms with van der Waals surface area (Å²) >= 11 is 0. The van der Waals surface area contributed by atoms with E-state index in [0.29, 0.717) is 6.54 Å². The lowest BCUT2D eigenvalue weighted by molar-refractivity contribution is -0.141. The molecule has 108 valence electrons. The second-order valence-electron chi connectivity index (χ2n) is 6.05. The summed E-state index contributed by atoms with van der Waals surface area (Å²) in [5.41, 5.74) is -0.519. The van der Waals surface area contributed by atoms with Crippen LogP contribution in [0.2, 0.25) is 0 Å². The standard InChI is InChI=1S/C13H23N3O3/c1-13(2,3)19-12(18)16-7-4-10(16)11(17)15-8-5-14-6-9-15/h10,14H,4-9H2,1-3H3. The van der Waals surface area contributed by atoms with Crippen molar-refractivity contribution in [1.82, 2.24) is 15.1 Å². The van der Waals surface area contributed by atoms with Gasteiger partial charge in [-0.25, -0.2) is 4.79 Å². The first-order chi connectivity index (χ1) is 8.88. The summed E-state index contributed by atoms with van der Waals surface area (Å²) in [6, 6.07) is -0.326. The molecule has 0 bridgehead atoms. The summed E-state index contributed by atoms with van der Waals surface area (Å²) in [5.74, 6) is 0.0543. The summed E-state index contributed by atoms with van der Waals surface area (Å²) in [6.07, 6.45) is 0.356. The molecule has 6 nitrogen and oxygen atoms in total. The van der Waals surface area contributed by atoms with Gasteiger partial charge in [0.1, 0.15) is 11.6 Å². The molecule has 0 radical (unpaired) electrons. The lowest BCUT2D eigenvalue weighted by atomic mass is 10.0. The molecule has 0 aromatic rings. The van der Waals surface area contributed by atoms with E-state index in [1.807, 2.05) is 25.7 Å². The Bertz CT molecular complexity index is 359. The molecule has 1 atom stereocenters. The maximum Gasteiger partial charge on any atom is 0.410 e. The molecular formula is C13H23N3O3. The summed E-state index contributed by atoms with van der Waals surface area (Å²) in [6.45, 7) is 9.19. The van der Waals surface area contributed by atoms with E-state index in [-0.39, 0.29) is 18.0 Å². The zero-order chi connectivity index (χ0) is 14.0. The topological polar surface area (TPSA) is 61.9 Å². The van der Waals surface area contributed by atoms with E-state index in [1.54, 1.807) is 0 Å². The highest BCUT2D eigenvalue weighted by molar-refractivity contribution is 5.87. The summed E-state index contributed by atoms with van der Waals surface area (Å²) in [5, 5.41) is 3.21. The predicted molar refractivity (Wildman–Crippen MR) is 70.8 cm³/mol. The Labute approximate surface area is 114 Å². The number of ether oxygens (including phenoxy) is 1. The van der Waals surface area contributed by atoms with Crippen molar-refractivity contribution in [3.63, 3.8) is 0 Å². The number of amides is 2. The molecule has 1 N–H and O–H groups in total. The molecule has 0 spiro atoms. The average molecular weight is 269 g/mol. The number of piperazine rings is 1. The van der Waals surface area contributed by atoms with Gasteiger partial charge < -0.3 is 15.0 Å². The summed E-state index contributed by atoms with van der Waals surface area (Å²) in [4.78, 5) is 27.6. The van der Waals surface area contributed by atoms with Gasteiger partial charge in [-0.15, -0.1) is 0 Å². The van der Waals surface area contributed by atoms with Gasteiger partial charge in [0.25, 0.3) is 0 Å². The number of nitrogens with one attached hydrogen (secondary N) is 1. The van der Waals surface area contributed by atoms with Crippen LogP contribution in [-0.2, 0) is 9.53 Å². The van der Waals surface area contributed by atoms with Crippen molar-refractivity contribution in [3.8, 4) is 0 Å². The van der Waals surface area contributed by atoms with Crippen LogP contribution in [0, 0.1) is 0 Å². The molecule has 0 aliphatic carbocycles. The highest BCUT2D eigenvalue weighted by Gasteiger charge is 2.41. The van der Waals surface area contributed by atoms with Gasteiger partial charge in [0.05, 0.1) is 0 Å². The van der Waals surface area contributed by atoms with Crippen molar-refractivity contribution in [2.45, 2.75) is 38.8 Å².